The van der Waals surface area contributed by atoms with Crippen molar-refractivity contribution in [2.75, 3.05) is 44.6 Å². The fourth-order valence-corrected chi connectivity index (χ4v) is 6.69. The fraction of sp³-hybridized carbons (Fsp3) is 0.588. The zero-order chi connectivity index (χ0) is 29.3. The highest BCUT2D eigenvalue weighted by molar-refractivity contribution is 6.18. The van der Waals surface area contributed by atoms with Crippen LogP contribution in [0.25, 0.3) is 0 Å². The van der Waals surface area contributed by atoms with Gasteiger partial charge in [0.1, 0.15) is 0 Å². The lowest BCUT2D eigenvalue weighted by Crippen LogP contribution is -2.38. The molecule has 1 aromatic carbocycles. The van der Waals surface area contributed by atoms with Crippen LogP contribution in [0.15, 0.2) is 42.1 Å². The molecule has 226 valence electrons. The molecule has 2 aliphatic carbocycles. The number of rotatable bonds is 8. The van der Waals surface area contributed by atoms with Gasteiger partial charge in [-0.05, 0) is 82.2 Å². The zero-order valence-electron chi connectivity index (χ0n) is 24.9. The number of fused-ring (bicyclic) bond motifs is 2. The molecule has 2 heterocycles. The van der Waals surface area contributed by atoms with Gasteiger partial charge in [-0.2, -0.15) is 0 Å². The Morgan fingerprint density at radius 2 is 1.19 bits per heavy atom. The number of hydrogen-bond donors (Lipinski definition) is 2. The molecule has 4 aliphatic rings. The second-order valence-corrected chi connectivity index (χ2v) is 12.3. The van der Waals surface area contributed by atoms with Crippen molar-refractivity contribution in [3.05, 3.63) is 53.3 Å². The number of carbonyl (C=O) groups excluding carboxylic acids is 4. The topological polar surface area (TPSA) is 98.8 Å². The summed E-state index contributed by atoms with van der Waals surface area (Å²) in [5.74, 6) is -1.69. The molecule has 5 rings (SSSR count). The predicted molar refractivity (Wildman–Crippen MR) is 164 cm³/mol. The summed E-state index contributed by atoms with van der Waals surface area (Å²) in [5, 5.41) is 5.87. The molecule has 1 aromatic rings. The molecule has 0 radical (unpaired) electrons. The minimum atomic E-state index is -0.641. The number of allylic oxidation sites excluding steroid dienone is 3. The van der Waals surface area contributed by atoms with E-state index in [-0.39, 0.29) is 23.4 Å². The number of benzene rings is 1. The standard InChI is InChI=1S/C34H46N4O4/c39-31(15-21-37-17-7-3-1-4-8-18-37)35-25-11-13-27-29(23-25)33(41)28-14-12-26(24-30(28)34(27)42)36-32(40)16-22-38-19-9-5-2-6-10-20-38/h11-14,23-24,27,29H,1-10,15-22H2,(H,35,39)(H,36,40). The van der Waals surface area contributed by atoms with Crippen molar-refractivity contribution in [3.8, 4) is 0 Å². The van der Waals surface area contributed by atoms with Crippen molar-refractivity contribution in [1.29, 1.82) is 0 Å². The first kappa shape index (κ1) is 30.4. The Labute approximate surface area is 250 Å². The number of nitrogens with one attached hydrogen (secondary N) is 2. The van der Waals surface area contributed by atoms with Crippen LogP contribution in [-0.2, 0) is 9.59 Å². The monoisotopic (exact) mass is 574 g/mol. The lowest BCUT2D eigenvalue weighted by atomic mass is 9.72. The summed E-state index contributed by atoms with van der Waals surface area (Å²) < 4.78 is 0. The van der Waals surface area contributed by atoms with Gasteiger partial charge in [-0.3, -0.25) is 19.2 Å². The number of hydrogen-bond acceptors (Lipinski definition) is 6. The maximum Gasteiger partial charge on any atom is 0.225 e. The number of amides is 2. The van der Waals surface area contributed by atoms with E-state index in [2.05, 4.69) is 20.4 Å². The predicted octanol–water partition coefficient (Wildman–Crippen LogP) is 5.12. The highest BCUT2D eigenvalue weighted by Gasteiger charge is 2.40. The van der Waals surface area contributed by atoms with Crippen LogP contribution in [0, 0.1) is 11.8 Å². The Balaban J connectivity index is 1.15. The van der Waals surface area contributed by atoms with Crippen molar-refractivity contribution in [2.45, 2.75) is 77.0 Å². The lowest BCUT2D eigenvalue weighted by Gasteiger charge is -2.30. The Bertz CT molecular complexity index is 1210. The van der Waals surface area contributed by atoms with Crippen LogP contribution in [0.3, 0.4) is 0 Å². The van der Waals surface area contributed by atoms with Gasteiger partial charge in [0.2, 0.25) is 11.8 Å². The van der Waals surface area contributed by atoms with E-state index in [0.717, 1.165) is 39.3 Å². The van der Waals surface area contributed by atoms with Crippen molar-refractivity contribution >= 4 is 29.1 Å². The van der Waals surface area contributed by atoms with Gasteiger partial charge in [-0.1, -0.05) is 44.6 Å². The normalized spacial score (nSPS) is 23.9. The Kier molecular flexibility index (Phi) is 10.8. The first-order chi connectivity index (χ1) is 20.5. The molecule has 2 fully saturated rings. The molecule has 2 N–H and O–H groups in total. The second-order valence-electron chi connectivity index (χ2n) is 12.3. The molecular formula is C34H46N4O4. The molecular weight excluding hydrogens is 528 g/mol. The molecule has 0 saturated carbocycles. The number of carbonyl (C=O) groups is 4. The van der Waals surface area contributed by atoms with Crippen LogP contribution in [0.1, 0.15) is 97.8 Å². The number of anilines is 1. The highest BCUT2D eigenvalue weighted by atomic mass is 16.2. The van der Waals surface area contributed by atoms with Crippen LogP contribution >= 0.6 is 0 Å². The Morgan fingerprint density at radius 1 is 0.667 bits per heavy atom. The minimum absolute atomic E-state index is 0.0758. The van der Waals surface area contributed by atoms with E-state index < -0.39 is 11.8 Å². The molecule has 2 amide bonds. The summed E-state index contributed by atoms with van der Waals surface area (Å²) in [5.41, 5.74) is 1.83. The second kappa shape index (κ2) is 14.9. The van der Waals surface area contributed by atoms with Crippen LogP contribution in [-0.4, -0.2) is 72.4 Å². The smallest absolute Gasteiger partial charge is 0.225 e. The average molecular weight is 575 g/mol. The molecule has 0 aromatic heterocycles. The summed E-state index contributed by atoms with van der Waals surface area (Å²) in [6.07, 6.45) is 18.4. The minimum Gasteiger partial charge on any atom is -0.326 e. The van der Waals surface area contributed by atoms with Gasteiger partial charge in [-0.15, -0.1) is 0 Å². The number of ketones is 2. The van der Waals surface area contributed by atoms with E-state index in [1.165, 1.54) is 64.2 Å². The van der Waals surface area contributed by atoms with E-state index >= 15 is 0 Å². The first-order valence-electron chi connectivity index (χ1n) is 16.1. The largest absolute Gasteiger partial charge is 0.326 e. The molecule has 42 heavy (non-hydrogen) atoms. The van der Waals surface area contributed by atoms with E-state index in [4.69, 9.17) is 0 Å². The maximum atomic E-state index is 13.4. The van der Waals surface area contributed by atoms with Crippen LogP contribution in [0.5, 0.6) is 0 Å². The van der Waals surface area contributed by atoms with Crippen molar-refractivity contribution < 1.29 is 19.2 Å². The van der Waals surface area contributed by atoms with Gasteiger partial charge in [0.15, 0.2) is 11.6 Å². The summed E-state index contributed by atoms with van der Waals surface area (Å²) in [7, 11) is 0. The average Bonchev–Trinajstić information content (AvgIpc) is 2.95. The van der Waals surface area contributed by atoms with Gasteiger partial charge in [-0.25, -0.2) is 0 Å². The highest BCUT2D eigenvalue weighted by Crippen LogP contribution is 2.36. The van der Waals surface area contributed by atoms with Gasteiger partial charge < -0.3 is 20.4 Å². The van der Waals surface area contributed by atoms with Crippen molar-refractivity contribution in [3.63, 3.8) is 0 Å². The van der Waals surface area contributed by atoms with Crippen LogP contribution in [0.2, 0.25) is 0 Å². The number of Topliss-reactive ketones (excluding diaryl/α,β-unsaturated/α-hetero) is 2. The van der Waals surface area contributed by atoms with Gasteiger partial charge >= 0.3 is 0 Å². The van der Waals surface area contributed by atoms with E-state index in [1.807, 2.05) is 0 Å². The zero-order valence-corrected chi connectivity index (χ0v) is 24.9. The molecule has 2 unspecified atom stereocenters. The number of nitrogens with zero attached hydrogens (tertiary/aromatic N) is 2. The van der Waals surface area contributed by atoms with Crippen molar-refractivity contribution in [2.24, 2.45) is 11.8 Å². The molecule has 0 bridgehead atoms. The summed E-state index contributed by atoms with van der Waals surface area (Å²) in [4.78, 5) is 57.0. The Morgan fingerprint density at radius 3 is 1.79 bits per heavy atom. The van der Waals surface area contributed by atoms with Gasteiger partial charge in [0, 0.05) is 48.4 Å². The summed E-state index contributed by atoms with van der Waals surface area (Å²) in [6, 6.07) is 4.99. The fourth-order valence-electron chi connectivity index (χ4n) is 6.69. The SMILES string of the molecule is O=C(CCN1CCCCCCC1)NC1=CC2C(=O)c3ccc(NC(=O)CCN4CCCCCCC4)cc3C(=O)C2C=C1. The third-order valence-corrected chi connectivity index (χ3v) is 9.16. The van der Waals surface area contributed by atoms with Gasteiger partial charge in [0.25, 0.3) is 0 Å². The lowest BCUT2D eigenvalue weighted by molar-refractivity contribution is -0.120. The van der Waals surface area contributed by atoms with Gasteiger partial charge in [0.05, 0.1) is 11.8 Å². The molecule has 2 atom stereocenters. The first-order valence-corrected chi connectivity index (χ1v) is 16.1. The Hall–Kier alpha value is -3.10. The van der Waals surface area contributed by atoms with E-state index in [1.54, 1.807) is 36.4 Å². The third kappa shape index (κ3) is 8.04. The van der Waals surface area contributed by atoms with Crippen LogP contribution < -0.4 is 10.6 Å². The number of likely N-dealkylation sites (tertiary alicyclic amines) is 2. The molecule has 0 spiro atoms. The van der Waals surface area contributed by atoms with E-state index in [9.17, 15) is 19.2 Å². The van der Waals surface area contributed by atoms with Crippen LogP contribution in [0.4, 0.5) is 5.69 Å². The quantitative estimate of drug-likeness (QED) is 0.447. The maximum absolute atomic E-state index is 13.4. The summed E-state index contributed by atoms with van der Waals surface area (Å²) in [6.45, 7) is 5.62. The molecule has 2 saturated heterocycles. The molecule has 8 heteroatoms. The summed E-state index contributed by atoms with van der Waals surface area (Å²) >= 11 is 0. The molecule has 2 aliphatic heterocycles. The third-order valence-electron chi connectivity index (χ3n) is 9.16. The van der Waals surface area contributed by atoms with E-state index in [0.29, 0.717) is 35.4 Å². The van der Waals surface area contributed by atoms with Crippen molar-refractivity contribution in [1.82, 2.24) is 15.1 Å². The molecule has 8 nitrogen and oxygen atoms in total.